The van der Waals surface area contributed by atoms with Crippen molar-refractivity contribution in [1.82, 2.24) is 15.0 Å². The van der Waals surface area contributed by atoms with Crippen LogP contribution >= 0.6 is 0 Å². The summed E-state index contributed by atoms with van der Waals surface area (Å²) >= 11 is 0. The molecule has 0 spiro atoms. The summed E-state index contributed by atoms with van der Waals surface area (Å²) in [6.07, 6.45) is 5.81. The lowest BCUT2D eigenvalue weighted by Gasteiger charge is -2.23. The maximum absolute atomic E-state index is 6.36. The third-order valence-electron chi connectivity index (χ3n) is 6.40. The molecule has 3 N–H and O–H groups in total. The smallest absolute Gasteiger partial charge is 0.174 e. The first kappa shape index (κ1) is 18.1. The first-order chi connectivity index (χ1) is 16.2. The molecule has 4 heterocycles. The number of anilines is 2. The second kappa shape index (κ2) is 6.74. The number of pyridine rings is 1. The van der Waals surface area contributed by atoms with Crippen LogP contribution in [-0.4, -0.2) is 15.0 Å². The number of nitrogens with one attached hydrogen (secondary N) is 3. The van der Waals surface area contributed by atoms with Gasteiger partial charge in [0.2, 0.25) is 0 Å². The van der Waals surface area contributed by atoms with Gasteiger partial charge in [-0.1, -0.05) is 12.1 Å². The SMILES string of the molecule is Cc1cc2c(cc1-c1ccc3[nH]ccc3c1)Oc1cc(-c3ccc4[nH]ccc4c3)cnc1N2. The van der Waals surface area contributed by atoms with Gasteiger partial charge in [0.25, 0.3) is 0 Å². The van der Waals surface area contributed by atoms with Gasteiger partial charge in [-0.15, -0.1) is 0 Å². The molecule has 1 aliphatic rings. The van der Waals surface area contributed by atoms with Crippen LogP contribution in [0, 0.1) is 6.92 Å². The first-order valence-electron chi connectivity index (χ1n) is 11.0. The van der Waals surface area contributed by atoms with Gasteiger partial charge in [-0.3, -0.25) is 0 Å². The van der Waals surface area contributed by atoms with E-state index in [1.54, 1.807) is 0 Å². The van der Waals surface area contributed by atoms with Crippen LogP contribution in [0.15, 0.2) is 85.3 Å². The van der Waals surface area contributed by atoms with Crippen LogP contribution in [0.4, 0.5) is 11.5 Å². The molecular weight excluding hydrogens is 408 g/mol. The number of benzene rings is 3. The van der Waals surface area contributed by atoms with Gasteiger partial charge >= 0.3 is 0 Å². The number of rotatable bonds is 2. The number of hydrogen-bond acceptors (Lipinski definition) is 3. The molecule has 0 unspecified atom stereocenters. The lowest BCUT2D eigenvalue weighted by atomic mass is 9.98. The Morgan fingerprint density at radius 1 is 0.697 bits per heavy atom. The van der Waals surface area contributed by atoms with Gasteiger partial charge in [-0.25, -0.2) is 4.98 Å². The van der Waals surface area contributed by atoms with Gasteiger partial charge in [-0.05, 0) is 94.5 Å². The van der Waals surface area contributed by atoms with Crippen molar-refractivity contribution in [3.8, 4) is 33.8 Å². The van der Waals surface area contributed by atoms with E-state index < -0.39 is 0 Å². The maximum Gasteiger partial charge on any atom is 0.174 e. The molecule has 6 aromatic rings. The lowest BCUT2D eigenvalue weighted by Crippen LogP contribution is -2.05. The second-order valence-electron chi connectivity index (χ2n) is 8.52. The topological polar surface area (TPSA) is 65.7 Å². The molecule has 0 saturated heterocycles. The van der Waals surface area contributed by atoms with Crippen molar-refractivity contribution in [2.75, 3.05) is 5.32 Å². The van der Waals surface area contributed by atoms with E-state index in [9.17, 15) is 0 Å². The summed E-state index contributed by atoms with van der Waals surface area (Å²) in [7, 11) is 0. The highest BCUT2D eigenvalue weighted by Gasteiger charge is 2.20. The fraction of sp³-hybridized carbons (Fsp3) is 0.0357. The Morgan fingerprint density at radius 3 is 2.21 bits per heavy atom. The molecular formula is C28H20N4O. The molecule has 0 bridgehead atoms. The number of aromatic amines is 2. The Morgan fingerprint density at radius 2 is 1.42 bits per heavy atom. The Kier molecular flexibility index (Phi) is 3.70. The van der Waals surface area contributed by atoms with E-state index in [1.807, 2.05) is 18.6 Å². The molecule has 5 nitrogen and oxygen atoms in total. The predicted molar refractivity (Wildman–Crippen MR) is 133 cm³/mol. The number of aryl methyl sites for hydroxylation is 1. The zero-order chi connectivity index (χ0) is 21.9. The highest BCUT2D eigenvalue weighted by Crippen LogP contribution is 2.45. The molecule has 0 fully saturated rings. The number of fused-ring (bicyclic) bond motifs is 4. The average Bonchev–Trinajstić information content (AvgIpc) is 3.50. The summed E-state index contributed by atoms with van der Waals surface area (Å²) in [6, 6.07) is 23.3. The van der Waals surface area contributed by atoms with E-state index in [0.717, 1.165) is 50.7 Å². The van der Waals surface area contributed by atoms with Crippen molar-refractivity contribution < 1.29 is 4.74 Å². The largest absolute Gasteiger partial charge is 0.451 e. The monoisotopic (exact) mass is 428 g/mol. The van der Waals surface area contributed by atoms with Crippen LogP contribution in [-0.2, 0) is 0 Å². The third-order valence-corrected chi connectivity index (χ3v) is 6.40. The van der Waals surface area contributed by atoms with Crippen molar-refractivity contribution in [2.24, 2.45) is 0 Å². The molecule has 0 radical (unpaired) electrons. The summed E-state index contributed by atoms with van der Waals surface area (Å²) in [4.78, 5) is 11.1. The van der Waals surface area contributed by atoms with Crippen LogP contribution in [0.25, 0.3) is 44.1 Å². The summed E-state index contributed by atoms with van der Waals surface area (Å²) in [5.74, 6) is 2.26. The Hall–Kier alpha value is -4.51. The molecule has 33 heavy (non-hydrogen) atoms. The molecule has 0 atom stereocenters. The maximum atomic E-state index is 6.36. The summed E-state index contributed by atoms with van der Waals surface area (Å²) < 4.78 is 6.36. The number of H-pyrrole nitrogens is 2. The van der Waals surface area contributed by atoms with Crippen molar-refractivity contribution in [1.29, 1.82) is 0 Å². The van der Waals surface area contributed by atoms with E-state index in [2.05, 4.69) is 93.9 Å². The first-order valence-corrected chi connectivity index (χ1v) is 11.0. The number of ether oxygens (including phenoxy) is 1. The van der Waals surface area contributed by atoms with E-state index in [0.29, 0.717) is 0 Å². The van der Waals surface area contributed by atoms with Crippen molar-refractivity contribution >= 4 is 33.3 Å². The van der Waals surface area contributed by atoms with Crippen molar-refractivity contribution in [2.45, 2.75) is 6.92 Å². The molecule has 0 aliphatic carbocycles. The molecule has 1 aliphatic heterocycles. The standard InChI is InChI=1S/C28H20N4O/c1-16-10-25-26(14-22(16)18-3-5-24-20(12-18)7-9-30-24)33-27-13-21(15-31-28(27)32-25)17-2-4-23-19(11-17)6-8-29-23/h2-15,29-30H,1H3,(H,31,32). The van der Waals surface area contributed by atoms with Gasteiger partial charge in [0.05, 0.1) is 5.69 Å². The summed E-state index contributed by atoms with van der Waals surface area (Å²) in [6.45, 7) is 2.13. The van der Waals surface area contributed by atoms with Crippen molar-refractivity contribution in [3.63, 3.8) is 0 Å². The van der Waals surface area contributed by atoms with Gasteiger partial charge in [0, 0.05) is 35.2 Å². The van der Waals surface area contributed by atoms with Crippen LogP contribution in [0.1, 0.15) is 5.56 Å². The van der Waals surface area contributed by atoms with E-state index in [4.69, 9.17) is 4.74 Å². The minimum absolute atomic E-state index is 0.727. The Labute approximate surface area is 190 Å². The molecule has 3 aromatic heterocycles. The molecule has 0 amide bonds. The third kappa shape index (κ3) is 2.90. The highest BCUT2D eigenvalue weighted by atomic mass is 16.5. The molecule has 0 saturated carbocycles. The highest BCUT2D eigenvalue weighted by molar-refractivity contribution is 5.88. The van der Waals surface area contributed by atoms with Gasteiger partial charge < -0.3 is 20.0 Å². The quantitative estimate of drug-likeness (QED) is 0.266. The van der Waals surface area contributed by atoms with Crippen LogP contribution in [0.5, 0.6) is 11.5 Å². The molecule has 5 heteroatoms. The van der Waals surface area contributed by atoms with Gasteiger partial charge in [0.1, 0.15) is 0 Å². The van der Waals surface area contributed by atoms with Crippen LogP contribution < -0.4 is 10.1 Å². The minimum Gasteiger partial charge on any atom is -0.451 e. The lowest BCUT2D eigenvalue weighted by molar-refractivity contribution is 0.479. The van der Waals surface area contributed by atoms with Gasteiger partial charge in [-0.2, -0.15) is 0 Å². The Bertz CT molecular complexity index is 1690. The summed E-state index contributed by atoms with van der Waals surface area (Å²) in [5.41, 5.74) is 8.83. The van der Waals surface area contributed by atoms with Crippen LogP contribution in [0.2, 0.25) is 0 Å². The van der Waals surface area contributed by atoms with E-state index >= 15 is 0 Å². The normalized spacial score (nSPS) is 12.3. The van der Waals surface area contributed by atoms with E-state index in [-0.39, 0.29) is 0 Å². The fourth-order valence-electron chi connectivity index (χ4n) is 4.66. The number of hydrogen-bond donors (Lipinski definition) is 3. The number of nitrogens with zero attached hydrogens (tertiary/aromatic N) is 1. The molecule has 7 rings (SSSR count). The molecule has 3 aromatic carbocycles. The number of aromatic nitrogens is 3. The second-order valence-corrected chi connectivity index (χ2v) is 8.52. The zero-order valence-corrected chi connectivity index (χ0v) is 17.9. The zero-order valence-electron chi connectivity index (χ0n) is 17.9. The minimum atomic E-state index is 0.727. The van der Waals surface area contributed by atoms with E-state index in [1.165, 1.54) is 21.9 Å². The fourth-order valence-corrected chi connectivity index (χ4v) is 4.66. The predicted octanol–water partition coefficient (Wildman–Crippen LogP) is 7.54. The summed E-state index contributed by atoms with van der Waals surface area (Å²) in [5, 5.41) is 5.82. The van der Waals surface area contributed by atoms with Gasteiger partial charge in [0.15, 0.2) is 17.3 Å². The van der Waals surface area contributed by atoms with Crippen molar-refractivity contribution in [3.05, 3.63) is 90.9 Å². The van der Waals surface area contributed by atoms with Crippen LogP contribution in [0.3, 0.4) is 0 Å². The Balaban J connectivity index is 1.28. The average molecular weight is 428 g/mol. The molecule has 158 valence electrons.